The maximum atomic E-state index is 3.58. The molecule has 0 saturated carbocycles. The number of fused-ring (bicyclic) bond motifs is 5. The summed E-state index contributed by atoms with van der Waals surface area (Å²) in [5.74, 6) is 0. The van der Waals surface area contributed by atoms with Gasteiger partial charge in [-0.15, -0.1) is 0 Å². The van der Waals surface area contributed by atoms with E-state index >= 15 is 0 Å². The van der Waals surface area contributed by atoms with Gasteiger partial charge >= 0.3 is 0 Å². The van der Waals surface area contributed by atoms with Gasteiger partial charge in [0.05, 0.1) is 0 Å². The predicted octanol–water partition coefficient (Wildman–Crippen LogP) is 6.04. The summed E-state index contributed by atoms with van der Waals surface area (Å²) >= 11 is 3.58. The van der Waals surface area contributed by atoms with Crippen LogP contribution in [0.4, 0.5) is 0 Å². The zero-order valence-electron chi connectivity index (χ0n) is 10.9. The van der Waals surface area contributed by atoms with Crippen molar-refractivity contribution in [1.29, 1.82) is 0 Å². The Bertz CT molecular complexity index is 938. The number of hydrogen-bond acceptors (Lipinski definition) is 0. The summed E-state index contributed by atoms with van der Waals surface area (Å²) in [7, 11) is 0. The Morgan fingerprint density at radius 2 is 1.20 bits per heavy atom. The highest BCUT2D eigenvalue weighted by atomic mass is 79.9. The molecule has 1 heteroatoms. The molecule has 0 nitrogen and oxygen atoms in total. The van der Waals surface area contributed by atoms with Crippen molar-refractivity contribution in [3.05, 3.63) is 72.3 Å². The van der Waals surface area contributed by atoms with E-state index in [9.17, 15) is 0 Å². The molecule has 0 unspecified atom stereocenters. The first-order chi connectivity index (χ1) is 9.88. The molecule has 4 rings (SSSR count). The summed E-state index contributed by atoms with van der Waals surface area (Å²) < 4.78 is 0. The van der Waals surface area contributed by atoms with Crippen LogP contribution in [0.2, 0.25) is 0 Å². The van der Waals surface area contributed by atoms with Gasteiger partial charge < -0.3 is 0 Å². The number of benzene rings is 4. The Labute approximate surface area is 126 Å². The van der Waals surface area contributed by atoms with Crippen LogP contribution in [-0.2, 0) is 5.33 Å². The van der Waals surface area contributed by atoms with Gasteiger partial charge in [0.25, 0.3) is 0 Å². The van der Waals surface area contributed by atoms with Gasteiger partial charge in [0.1, 0.15) is 0 Å². The van der Waals surface area contributed by atoms with E-state index in [0.717, 1.165) is 5.33 Å². The van der Waals surface area contributed by atoms with Crippen LogP contribution in [0.3, 0.4) is 0 Å². The molecule has 0 aliphatic rings. The summed E-state index contributed by atoms with van der Waals surface area (Å²) in [4.78, 5) is 0. The fraction of sp³-hybridized carbons (Fsp3) is 0.0526. The van der Waals surface area contributed by atoms with Gasteiger partial charge in [0.15, 0.2) is 0 Å². The lowest BCUT2D eigenvalue weighted by Crippen LogP contribution is -1.84. The van der Waals surface area contributed by atoms with Gasteiger partial charge in [0, 0.05) is 5.33 Å². The molecule has 0 aliphatic carbocycles. The molecule has 0 radical (unpaired) electrons. The molecule has 0 aliphatic heterocycles. The molecule has 0 bridgehead atoms. The Kier molecular flexibility index (Phi) is 2.75. The van der Waals surface area contributed by atoms with Crippen molar-refractivity contribution >= 4 is 48.2 Å². The van der Waals surface area contributed by atoms with Crippen molar-refractivity contribution in [2.24, 2.45) is 0 Å². The second-order valence-corrected chi connectivity index (χ2v) is 5.65. The zero-order valence-corrected chi connectivity index (χ0v) is 12.5. The maximum Gasteiger partial charge on any atom is 0.0289 e. The highest BCUT2D eigenvalue weighted by Gasteiger charge is 2.06. The number of halogens is 1. The van der Waals surface area contributed by atoms with Gasteiger partial charge in [0.2, 0.25) is 0 Å². The number of rotatable bonds is 1. The van der Waals surface area contributed by atoms with E-state index in [1.807, 2.05) is 0 Å². The van der Waals surface area contributed by atoms with E-state index in [-0.39, 0.29) is 0 Å². The summed E-state index contributed by atoms with van der Waals surface area (Å²) in [5, 5.41) is 8.87. The Morgan fingerprint density at radius 1 is 0.550 bits per heavy atom. The Hall–Kier alpha value is -1.86. The predicted molar refractivity (Wildman–Crippen MR) is 91.6 cm³/mol. The maximum absolute atomic E-state index is 3.58. The van der Waals surface area contributed by atoms with Crippen LogP contribution >= 0.6 is 15.9 Å². The van der Waals surface area contributed by atoms with Gasteiger partial charge in [-0.3, -0.25) is 0 Å². The van der Waals surface area contributed by atoms with Crippen molar-refractivity contribution in [2.75, 3.05) is 0 Å². The fourth-order valence-electron chi connectivity index (χ4n) is 3.04. The lowest BCUT2D eigenvalue weighted by molar-refractivity contribution is 1.50. The van der Waals surface area contributed by atoms with E-state index < -0.39 is 0 Å². The average molecular weight is 321 g/mol. The fourth-order valence-corrected chi connectivity index (χ4v) is 3.53. The molecule has 96 valence electrons. The number of hydrogen-bond donors (Lipinski definition) is 0. The van der Waals surface area contributed by atoms with Crippen molar-refractivity contribution in [3.63, 3.8) is 0 Å². The molecular formula is C19H13Br. The van der Waals surface area contributed by atoms with Crippen molar-refractivity contribution in [3.8, 4) is 0 Å². The molecule has 0 amide bonds. The third kappa shape index (κ3) is 1.66. The molecule has 20 heavy (non-hydrogen) atoms. The Morgan fingerprint density at radius 3 is 2.10 bits per heavy atom. The van der Waals surface area contributed by atoms with E-state index in [1.165, 1.54) is 37.9 Å². The second-order valence-electron chi connectivity index (χ2n) is 5.09. The first kappa shape index (κ1) is 11.9. The normalized spacial score (nSPS) is 11.4. The van der Waals surface area contributed by atoms with Crippen LogP contribution in [0.1, 0.15) is 5.56 Å². The zero-order chi connectivity index (χ0) is 13.5. The minimum absolute atomic E-state index is 0.892. The molecule has 0 aromatic heterocycles. The molecule has 0 spiro atoms. The third-order valence-corrected chi connectivity index (χ3v) is 4.62. The van der Waals surface area contributed by atoms with Crippen molar-refractivity contribution in [1.82, 2.24) is 0 Å². The summed E-state index contributed by atoms with van der Waals surface area (Å²) in [6.45, 7) is 0. The molecule has 4 aromatic carbocycles. The van der Waals surface area contributed by atoms with E-state index in [2.05, 4.69) is 82.7 Å². The smallest absolute Gasteiger partial charge is 0.0289 e. The van der Waals surface area contributed by atoms with Crippen LogP contribution in [0, 0.1) is 0 Å². The molecule has 0 atom stereocenters. The van der Waals surface area contributed by atoms with Crippen molar-refractivity contribution in [2.45, 2.75) is 5.33 Å². The lowest BCUT2D eigenvalue weighted by Gasteiger charge is -2.09. The molecule has 0 heterocycles. The molecule has 4 aromatic rings. The average Bonchev–Trinajstić information content (AvgIpc) is 2.53. The highest BCUT2D eigenvalue weighted by Crippen LogP contribution is 2.32. The molecule has 0 N–H and O–H groups in total. The van der Waals surface area contributed by atoms with Gasteiger partial charge in [-0.2, -0.15) is 0 Å². The number of alkyl halides is 1. The van der Waals surface area contributed by atoms with Gasteiger partial charge in [-0.05, 0) is 37.9 Å². The Balaban J connectivity index is 2.23. The van der Waals surface area contributed by atoms with Gasteiger partial charge in [-0.25, -0.2) is 0 Å². The minimum Gasteiger partial charge on any atom is -0.0876 e. The van der Waals surface area contributed by atoms with Crippen LogP contribution in [0.5, 0.6) is 0 Å². The quantitative estimate of drug-likeness (QED) is 0.296. The van der Waals surface area contributed by atoms with Crippen molar-refractivity contribution < 1.29 is 0 Å². The first-order valence-corrected chi connectivity index (χ1v) is 7.89. The standard InChI is InChI=1S/C19H13Br/c20-12-14-5-3-7-17-16(14)10-11-18-15-6-2-1-4-13(15)8-9-19(17)18/h1-11H,12H2. The topological polar surface area (TPSA) is 0 Å². The van der Waals surface area contributed by atoms with Gasteiger partial charge in [-0.1, -0.05) is 82.7 Å². The van der Waals surface area contributed by atoms with Crippen LogP contribution in [0.25, 0.3) is 32.3 Å². The summed E-state index contributed by atoms with van der Waals surface area (Å²) in [5.41, 5.74) is 1.34. The third-order valence-electron chi connectivity index (χ3n) is 4.02. The second kappa shape index (κ2) is 4.60. The van der Waals surface area contributed by atoms with Crippen LogP contribution in [0.15, 0.2) is 66.7 Å². The first-order valence-electron chi connectivity index (χ1n) is 6.76. The monoisotopic (exact) mass is 320 g/mol. The largest absolute Gasteiger partial charge is 0.0876 e. The van der Waals surface area contributed by atoms with Crippen LogP contribution < -0.4 is 0 Å². The summed E-state index contributed by atoms with van der Waals surface area (Å²) in [6.07, 6.45) is 0. The molecule has 0 fully saturated rings. The van der Waals surface area contributed by atoms with E-state index in [4.69, 9.17) is 0 Å². The van der Waals surface area contributed by atoms with Crippen LogP contribution in [-0.4, -0.2) is 0 Å². The summed E-state index contributed by atoms with van der Waals surface area (Å²) in [6, 6.07) is 24.1. The minimum atomic E-state index is 0.892. The van der Waals surface area contributed by atoms with E-state index in [1.54, 1.807) is 0 Å². The lowest BCUT2D eigenvalue weighted by atomic mass is 9.95. The molecule has 0 saturated heterocycles. The SMILES string of the molecule is BrCc1cccc2c1ccc1c3ccccc3ccc21. The molecular weight excluding hydrogens is 308 g/mol. The van der Waals surface area contributed by atoms with E-state index in [0.29, 0.717) is 0 Å². The highest BCUT2D eigenvalue weighted by molar-refractivity contribution is 9.08.